The Morgan fingerprint density at radius 2 is 0.731 bits per heavy atom. The van der Waals surface area contributed by atoms with Crippen molar-refractivity contribution < 1.29 is 0 Å². The summed E-state index contributed by atoms with van der Waals surface area (Å²) >= 11 is 0. The van der Waals surface area contributed by atoms with Crippen molar-refractivity contribution in [1.82, 2.24) is 0 Å². The zero-order valence-corrected chi connectivity index (χ0v) is 29.5. The Labute approximate surface area is 307 Å². The molecule has 0 radical (unpaired) electrons. The van der Waals surface area contributed by atoms with Crippen molar-refractivity contribution in [3.8, 4) is 55.6 Å². The highest BCUT2D eigenvalue weighted by atomic mass is 15.1. The van der Waals surface area contributed by atoms with Crippen LogP contribution in [-0.4, -0.2) is 0 Å². The van der Waals surface area contributed by atoms with Crippen LogP contribution in [-0.2, 0) is 5.41 Å². The summed E-state index contributed by atoms with van der Waals surface area (Å²) < 4.78 is 0. The first-order valence-corrected chi connectivity index (χ1v) is 18.1. The topological polar surface area (TPSA) is 3.24 Å². The van der Waals surface area contributed by atoms with E-state index in [1.807, 2.05) is 0 Å². The third-order valence-corrected chi connectivity index (χ3v) is 10.7. The van der Waals surface area contributed by atoms with Gasteiger partial charge in [0.05, 0.1) is 5.69 Å². The van der Waals surface area contributed by atoms with Crippen molar-refractivity contribution in [2.24, 2.45) is 0 Å². The van der Waals surface area contributed by atoms with Gasteiger partial charge in [0.1, 0.15) is 0 Å². The monoisotopic (exact) mass is 665 g/mol. The summed E-state index contributed by atoms with van der Waals surface area (Å²) in [6, 6.07) is 72.9. The lowest BCUT2D eigenvalue weighted by Gasteiger charge is -2.30. The molecule has 0 atom stereocenters. The lowest BCUT2D eigenvalue weighted by Crippen LogP contribution is -2.17. The molecule has 1 heteroatoms. The summed E-state index contributed by atoms with van der Waals surface area (Å²) in [4.78, 5) is 2.46. The minimum absolute atomic E-state index is 0.118. The van der Waals surface area contributed by atoms with Crippen molar-refractivity contribution in [2.45, 2.75) is 19.3 Å². The van der Waals surface area contributed by atoms with E-state index >= 15 is 0 Å². The van der Waals surface area contributed by atoms with Gasteiger partial charge in [0, 0.05) is 22.4 Å². The van der Waals surface area contributed by atoms with Crippen LogP contribution in [0.4, 0.5) is 17.1 Å². The second kappa shape index (κ2) is 13.0. The summed E-state index contributed by atoms with van der Waals surface area (Å²) in [5.41, 5.74) is 18.2. The molecule has 9 rings (SSSR count). The predicted molar refractivity (Wildman–Crippen MR) is 220 cm³/mol. The maximum atomic E-state index is 2.46. The van der Waals surface area contributed by atoms with E-state index in [-0.39, 0.29) is 5.41 Å². The van der Waals surface area contributed by atoms with Gasteiger partial charge in [-0.1, -0.05) is 184 Å². The van der Waals surface area contributed by atoms with E-state index in [1.54, 1.807) is 0 Å². The number of rotatable bonds is 7. The maximum absolute atomic E-state index is 2.46. The second-order valence-corrected chi connectivity index (χ2v) is 14.2. The predicted octanol–water partition coefficient (Wildman–Crippen LogP) is 14.1. The van der Waals surface area contributed by atoms with Gasteiger partial charge in [-0.05, 0) is 91.5 Å². The van der Waals surface area contributed by atoms with Crippen LogP contribution in [0.5, 0.6) is 0 Å². The quantitative estimate of drug-likeness (QED) is 0.164. The molecule has 0 heterocycles. The molecule has 0 bridgehead atoms. The van der Waals surface area contributed by atoms with Crippen LogP contribution in [0.3, 0.4) is 0 Å². The van der Waals surface area contributed by atoms with E-state index in [9.17, 15) is 0 Å². The second-order valence-electron chi connectivity index (χ2n) is 14.2. The highest BCUT2D eigenvalue weighted by Crippen LogP contribution is 2.51. The number of benzene rings is 8. The van der Waals surface area contributed by atoms with Crippen LogP contribution in [0, 0.1) is 0 Å². The highest BCUT2D eigenvalue weighted by molar-refractivity contribution is 5.93. The Balaban J connectivity index is 1.25. The number of anilines is 3. The first kappa shape index (κ1) is 31.5. The molecule has 248 valence electrons. The van der Waals surface area contributed by atoms with E-state index in [0.29, 0.717) is 0 Å². The molecule has 1 nitrogen and oxygen atoms in total. The normalized spacial score (nSPS) is 12.6. The lowest BCUT2D eigenvalue weighted by molar-refractivity contribution is 0.660. The standard InChI is InChI=1S/C51H39N/c1-51(2)48-21-13-12-20-46(48)47-33-31-44(35-49(47)51)52(43-29-26-40(27-30-43)37-16-8-4-9-17-37)50-34-42(38-18-10-5-11-19-38)28-32-45(50)41-24-22-39(23-25-41)36-14-6-3-7-15-36/h3-35H,1-2H3. The summed E-state index contributed by atoms with van der Waals surface area (Å²) in [5, 5.41) is 0. The zero-order chi connectivity index (χ0) is 35.1. The van der Waals surface area contributed by atoms with Crippen molar-refractivity contribution in [3.05, 3.63) is 211 Å². The van der Waals surface area contributed by atoms with Crippen LogP contribution in [0.25, 0.3) is 55.6 Å². The first-order chi connectivity index (χ1) is 25.5. The van der Waals surface area contributed by atoms with Gasteiger partial charge in [0.15, 0.2) is 0 Å². The summed E-state index contributed by atoms with van der Waals surface area (Å²) in [6.45, 7) is 4.71. The van der Waals surface area contributed by atoms with E-state index in [1.165, 1.54) is 66.8 Å². The van der Waals surface area contributed by atoms with Crippen LogP contribution < -0.4 is 4.90 Å². The van der Waals surface area contributed by atoms with Crippen LogP contribution >= 0.6 is 0 Å². The molecule has 52 heavy (non-hydrogen) atoms. The van der Waals surface area contributed by atoms with E-state index < -0.39 is 0 Å². The average Bonchev–Trinajstić information content (AvgIpc) is 3.45. The molecule has 0 saturated heterocycles. The Kier molecular flexibility index (Phi) is 7.90. The molecule has 8 aromatic carbocycles. The Bertz CT molecular complexity index is 2500. The van der Waals surface area contributed by atoms with Gasteiger partial charge in [-0.25, -0.2) is 0 Å². The van der Waals surface area contributed by atoms with Gasteiger partial charge in [0.2, 0.25) is 0 Å². The van der Waals surface area contributed by atoms with Gasteiger partial charge in [0.25, 0.3) is 0 Å². The third kappa shape index (κ3) is 5.61. The molecule has 8 aromatic rings. The van der Waals surface area contributed by atoms with Crippen molar-refractivity contribution in [1.29, 1.82) is 0 Å². The van der Waals surface area contributed by atoms with Gasteiger partial charge >= 0.3 is 0 Å². The highest BCUT2D eigenvalue weighted by Gasteiger charge is 2.36. The van der Waals surface area contributed by atoms with E-state index in [4.69, 9.17) is 0 Å². The molecular weight excluding hydrogens is 627 g/mol. The lowest BCUT2D eigenvalue weighted by atomic mass is 9.82. The summed E-state index contributed by atoms with van der Waals surface area (Å²) in [7, 11) is 0. The molecule has 1 aliphatic carbocycles. The molecule has 0 aromatic heterocycles. The maximum Gasteiger partial charge on any atom is 0.0546 e. The van der Waals surface area contributed by atoms with Gasteiger partial charge < -0.3 is 4.90 Å². The van der Waals surface area contributed by atoms with Gasteiger partial charge in [-0.3, -0.25) is 0 Å². The van der Waals surface area contributed by atoms with Crippen LogP contribution in [0.15, 0.2) is 200 Å². The average molecular weight is 666 g/mol. The van der Waals surface area contributed by atoms with Crippen LogP contribution in [0.1, 0.15) is 25.0 Å². The largest absolute Gasteiger partial charge is 0.310 e. The van der Waals surface area contributed by atoms with Gasteiger partial charge in [-0.2, -0.15) is 0 Å². The fraction of sp³-hybridized carbons (Fsp3) is 0.0588. The number of hydrogen-bond donors (Lipinski definition) is 0. The number of hydrogen-bond acceptors (Lipinski definition) is 1. The molecule has 1 aliphatic rings. The molecule has 0 saturated carbocycles. The molecule has 0 fully saturated rings. The third-order valence-electron chi connectivity index (χ3n) is 10.7. The fourth-order valence-electron chi connectivity index (χ4n) is 7.94. The number of nitrogens with zero attached hydrogens (tertiary/aromatic N) is 1. The Hall–Kier alpha value is -6.44. The molecule has 0 N–H and O–H groups in total. The smallest absolute Gasteiger partial charge is 0.0546 e. The molecule has 0 spiro atoms. The van der Waals surface area contributed by atoms with Crippen molar-refractivity contribution >= 4 is 17.1 Å². The zero-order valence-electron chi connectivity index (χ0n) is 29.5. The molecule has 0 amide bonds. The molecule has 0 unspecified atom stereocenters. The minimum Gasteiger partial charge on any atom is -0.310 e. The SMILES string of the molecule is CC1(C)c2ccccc2-c2ccc(N(c3ccc(-c4ccccc4)cc3)c3cc(-c4ccccc4)ccc3-c3ccc(-c4ccccc4)cc3)cc21. The van der Waals surface area contributed by atoms with Crippen LogP contribution in [0.2, 0.25) is 0 Å². The molecule has 0 aliphatic heterocycles. The summed E-state index contributed by atoms with van der Waals surface area (Å²) in [6.07, 6.45) is 0. The Morgan fingerprint density at radius 1 is 0.308 bits per heavy atom. The van der Waals surface area contributed by atoms with E-state index in [2.05, 4.69) is 219 Å². The minimum atomic E-state index is -0.118. The first-order valence-electron chi connectivity index (χ1n) is 18.1. The summed E-state index contributed by atoms with van der Waals surface area (Å²) in [5.74, 6) is 0. The molecular formula is C51H39N. The van der Waals surface area contributed by atoms with Crippen molar-refractivity contribution in [3.63, 3.8) is 0 Å². The Morgan fingerprint density at radius 3 is 1.35 bits per heavy atom. The van der Waals surface area contributed by atoms with E-state index in [0.717, 1.165) is 17.1 Å². The van der Waals surface area contributed by atoms with Gasteiger partial charge in [-0.15, -0.1) is 0 Å². The number of fused-ring (bicyclic) bond motifs is 3. The van der Waals surface area contributed by atoms with Crippen molar-refractivity contribution in [2.75, 3.05) is 4.90 Å². The fourth-order valence-corrected chi connectivity index (χ4v) is 7.94.